The van der Waals surface area contributed by atoms with E-state index in [1.54, 1.807) is 11.3 Å². The van der Waals surface area contributed by atoms with Gasteiger partial charge in [0.2, 0.25) is 0 Å². The summed E-state index contributed by atoms with van der Waals surface area (Å²) < 4.78 is 0. The van der Waals surface area contributed by atoms with Crippen molar-refractivity contribution in [2.45, 2.75) is 38.5 Å². The van der Waals surface area contributed by atoms with E-state index < -0.39 is 0 Å². The van der Waals surface area contributed by atoms with Gasteiger partial charge in [0.1, 0.15) is 0 Å². The first kappa shape index (κ1) is 6.26. The van der Waals surface area contributed by atoms with Crippen molar-refractivity contribution in [3.63, 3.8) is 0 Å². The summed E-state index contributed by atoms with van der Waals surface area (Å²) in [4.78, 5) is 0. The molecule has 1 nitrogen and oxygen atoms in total. The van der Waals surface area contributed by atoms with E-state index in [1.807, 2.05) is 0 Å². The zero-order valence-corrected chi connectivity index (χ0v) is 6.45. The summed E-state index contributed by atoms with van der Waals surface area (Å²) in [6, 6.07) is 0. The molecule has 58 valence electrons. The Morgan fingerprint density at radius 3 is 2.90 bits per heavy atom. The van der Waals surface area contributed by atoms with Crippen LogP contribution in [0.3, 0.4) is 0 Å². The van der Waals surface area contributed by atoms with Crippen molar-refractivity contribution in [2.75, 3.05) is 6.54 Å². The molecule has 0 radical (unpaired) electrons. The fourth-order valence-corrected chi connectivity index (χ4v) is 2.00. The second-order valence-corrected chi connectivity index (χ2v) is 3.32. The highest BCUT2D eigenvalue weighted by atomic mass is 14.9. The molecule has 0 saturated heterocycles. The van der Waals surface area contributed by atoms with Gasteiger partial charge in [-0.05, 0) is 37.7 Å². The first-order valence-corrected chi connectivity index (χ1v) is 4.41. The van der Waals surface area contributed by atoms with Crippen molar-refractivity contribution < 1.29 is 1.43 Å². The number of hydrogen-bond donors (Lipinski definition) is 1. The zero-order chi connectivity index (χ0) is 6.81. The van der Waals surface area contributed by atoms with Crippen LogP contribution in [0.1, 0.15) is 40.0 Å². The van der Waals surface area contributed by atoms with E-state index in [2.05, 4.69) is 5.32 Å². The second-order valence-electron chi connectivity index (χ2n) is 3.32. The fraction of sp³-hybridized carbons (Fsp3) is 0.778. The van der Waals surface area contributed by atoms with E-state index in [1.165, 1.54) is 45.1 Å². The van der Waals surface area contributed by atoms with Crippen molar-refractivity contribution in [2.24, 2.45) is 0 Å². The third-order valence-electron chi connectivity index (χ3n) is 2.60. The molecule has 0 aromatic heterocycles. The lowest BCUT2D eigenvalue weighted by Gasteiger charge is -2.00. The summed E-state index contributed by atoms with van der Waals surface area (Å²) in [5.41, 5.74) is 3.33. The maximum absolute atomic E-state index is 3.48. The van der Waals surface area contributed by atoms with Crippen molar-refractivity contribution in [1.82, 2.24) is 5.32 Å². The van der Waals surface area contributed by atoms with E-state index in [4.69, 9.17) is 0 Å². The molecular weight excluding hydrogens is 122 g/mol. The Hall–Kier alpha value is -0.460. The Morgan fingerprint density at radius 1 is 1.00 bits per heavy atom. The van der Waals surface area contributed by atoms with Gasteiger partial charge in [-0.25, -0.2) is 0 Å². The van der Waals surface area contributed by atoms with E-state index in [0.29, 0.717) is 0 Å². The Morgan fingerprint density at radius 2 is 1.90 bits per heavy atom. The second kappa shape index (κ2) is 2.65. The van der Waals surface area contributed by atoms with Crippen LogP contribution in [0.15, 0.2) is 11.3 Å². The van der Waals surface area contributed by atoms with Crippen LogP contribution in [0.25, 0.3) is 0 Å². The van der Waals surface area contributed by atoms with Gasteiger partial charge in [0.05, 0.1) is 0 Å². The van der Waals surface area contributed by atoms with Crippen LogP contribution >= 0.6 is 0 Å². The van der Waals surface area contributed by atoms with Crippen LogP contribution in [0.5, 0.6) is 0 Å². The highest BCUT2D eigenvalue weighted by Gasteiger charge is 2.14. The Labute approximate surface area is 64.0 Å². The van der Waals surface area contributed by atoms with E-state index in [0.717, 1.165) is 0 Å². The molecule has 1 heterocycles. The summed E-state index contributed by atoms with van der Waals surface area (Å²) in [5, 5.41) is 3.48. The van der Waals surface area contributed by atoms with E-state index >= 15 is 0 Å². The topological polar surface area (TPSA) is 12.0 Å². The molecule has 0 bridgehead atoms. The molecule has 0 aromatic rings. The van der Waals surface area contributed by atoms with Gasteiger partial charge in [-0.1, -0.05) is 6.42 Å². The predicted octanol–water partition coefficient (Wildman–Crippen LogP) is 2.44. The smallest absolute Gasteiger partial charge is 0.0181 e. The molecular formula is C9H17N. The largest absolute Gasteiger partial charge is 0.388 e. The van der Waals surface area contributed by atoms with Crippen LogP contribution in [-0.2, 0) is 0 Å². The molecule has 1 N–H and O–H groups in total. The molecule has 2 rings (SSSR count). The number of nitrogens with one attached hydrogen (secondary N) is 1. The SMILES string of the molecule is C1CCC2=C(CC1)NCC2.[HH]. The van der Waals surface area contributed by atoms with Gasteiger partial charge >= 0.3 is 0 Å². The Kier molecular flexibility index (Phi) is 1.66. The molecule has 1 aliphatic heterocycles. The predicted molar refractivity (Wildman–Crippen MR) is 44.8 cm³/mol. The van der Waals surface area contributed by atoms with Gasteiger partial charge in [0.15, 0.2) is 0 Å². The Bertz CT molecular complexity index is 147. The molecule has 1 aliphatic carbocycles. The number of rotatable bonds is 0. The Balaban J connectivity index is 0.000000605. The lowest BCUT2D eigenvalue weighted by Crippen LogP contribution is -2.06. The molecule has 0 aromatic carbocycles. The monoisotopic (exact) mass is 139 g/mol. The van der Waals surface area contributed by atoms with Crippen molar-refractivity contribution in [3.8, 4) is 0 Å². The minimum atomic E-state index is 0. The van der Waals surface area contributed by atoms with Gasteiger partial charge in [0, 0.05) is 13.7 Å². The summed E-state index contributed by atoms with van der Waals surface area (Å²) in [6.45, 7) is 1.21. The molecule has 0 unspecified atom stereocenters. The molecule has 0 saturated carbocycles. The molecule has 0 atom stereocenters. The molecule has 1 heteroatoms. The molecule has 0 fully saturated rings. The normalized spacial score (nSPS) is 25.6. The molecule has 10 heavy (non-hydrogen) atoms. The maximum atomic E-state index is 3.48. The van der Waals surface area contributed by atoms with E-state index in [9.17, 15) is 0 Å². The summed E-state index contributed by atoms with van der Waals surface area (Å²) in [5.74, 6) is 0. The molecule has 0 amide bonds. The number of allylic oxidation sites excluding steroid dienone is 1. The molecule has 0 spiro atoms. The third kappa shape index (κ3) is 1.05. The lowest BCUT2D eigenvalue weighted by molar-refractivity contribution is 0.672. The van der Waals surface area contributed by atoms with Crippen LogP contribution < -0.4 is 5.32 Å². The van der Waals surface area contributed by atoms with Crippen molar-refractivity contribution in [3.05, 3.63) is 11.3 Å². The lowest BCUT2D eigenvalue weighted by atomic mass is 10.1. The first-order valence-electron chi connectivity index (χ1n) is 4.41. The summed E-state index contributed by atoms with van der Waals surface area (Å²) >= 11 is 0. The highest BCUT2D eigenvalue weighted by molar-refractivity contribution is 5.19. The first-order chi connectivity index (χ1) is 4.97. The van der Waals surface area contributed by atoms with Gasteiger partial charge in [0.25, 0.3) is 0 Å². The van der Waals surface area contributed by atoms with Crippen LogP contribution in [0.4, 0.5) is 0 Å². The van der Waals surface area contributed by atoms with E-state index in [-0.39, 0.29) is 1.43 Å². The highest BCUT2D eigenvalue weighted by Crippen LogP contribution is 2.27. The van der Waals surface area contributed by atoms with Crippen LogP contribution in [-0.4, -0.2) is 6.54 Å². The summed E-state index contributed by atoms with van der Waals surface area (Å²) in [7, 11) is 0. The fourth-order valence-electron chi connectivity index (χ4n) is 2.00. The van der Waals surface area contributed by atoms with Crippen molar-refractivity contribution in [1.29, 1.82) is 0 Å². The van der Waals surface area contributed by atoms with Crippen LogP contribution in [0.2, 0.25) is 0 Å². The summed E-state index contributed by atoms with van der Waals surface area (Å²) in [6.07, 6.45) is 8.31. The maximum Gasteiger partial charge on any atom is 0.0181 e. The third-order valence-corrected chi connectivity index (χ3v) is 2.60. The minimum absolute atomic E-state index is 0. The van der Waals surface area contributed by atoms with Gasteiger partial charge in [-0.15, -0.1) is 0 Å². The minimum Gasteiger partial charge on any atom is -0.388 e. The van der Waals surface area contributed by atoms with Gasteiger partial charge < -0.3 is 5.32 Å². The van der Waals surface area contributed by atoms with Crippen LogP contribution in [0, 0.1) is 0 Å². The quantitative estimate of drug-likeness (QED) is 0.543. The zero-order valence-electron chi connectivity index (χ0n) is 6.45. The average Bonchev–Trinajstić information content (AvgIpc) is 2.28. The average molecular weight is 139 g/mol. The van der Waals surface area contributed by atoms with Gasteiger partial charge in [-0.3, -0.25) is 0 Å². The number of hydrogen-bond acceptors (Lipinski definition) is 1. The van der Waals surface area contributed by atoms with Crippen molar-refractivity contribution >= 4 is 0 Å². The molecule has 2 aliphatic rings. The van der Waals surface area contributed by atoms with Gasteiger partial charge in [-0.2, -0.15) is 0 Å². The standard InChI is InChI=1S/C9H15N.H2/c1-2-4-8-6-7-10-9(8)5-3-1;/h10H,1-7H2;1H.